The van der Waals surface area contributed by atoms with Gasteiger partial charge in [-0.15, -0.1) is 0 Å². The van der Waals surface area contributed by atoms with Crippen molar-refractivity contribution in [3.8, 4) is 17.0 Å². The average molecular weight is 411 g/mol. The Balaban J connectivity index is 1.40. The molecular formula is C20H18N4O2S2. The van der Waals surface area contributed by atoms with Crippen LogP contribution in [0.5, 0.6) is 5.75 Å². The summed E-state index contributed by atoms with van der Waals surface area (Å²) in [7, 11) is 3.58. The van der Waals surface area contributed by atoms with Crippen LogP contribution in [0.15, 0.2) is 59.9 Å². The van der Waals surface area contributed by atoms with Crippen LogP contribution in [-0.2, 0) is 11.8 Å². The summed E-state index contributed by atoms with van der Waals surface area (Å²) in [5.74, 6) is 0.923. The van der Waals surface area contributed by atoms with E-state index >= 15 is 0 Å². The summed E-state index contributed by atoms with van der Waals surface area (Å²) in [6, 6.07) is 15.7. The number of rotatable bonds is 6. The zero-order chi connectivity index (χ0) is 19.5. The predicted octanol–water partition coefficient (Wildman–Crippen LogP) is 4.44. The van der Waals surface area contributed by atoms with E-state index in [-0.39, 0.29) is 11.7 Å². The first kappa shape index (κ1) is 18.5. The maximum Gasteiger partial charge on any atom is 0.236 e. The number of anilines is 1. The first-order valence-electron chi connectivity index (χ1n) is 8.58. The van der Waals surface area contributed by atoms with E-state index in [1.54, 1.807) is 7.11 Å². The smallest absolute Gasteiger partial charge is 0.236 e. The molecule has 4 aromatic rings. The van der Waals surface area contributed by atoms with Gasteiger partial charge in [-0.2, -0.15) is 0 Å². The van der Waals surface area contributed by atoms with Gasteiger partial charge in [0.05, 0.1) is 35.0 Å². The van der Waals surface area contributed by atoms with E-state index in [1.807, 2.05) is 66.3 Å². The molecule has 0 fully saturated rings. The van der Waals surface area contributed by atoms with E-state index in [4.69, 9.17) is 4.74 Å². The van der Waals surface area contributed by atoms with Gasteiger partial charge in [0.15, 0.2) is 10.3 Å². The van der Waals surface area contributed by atoms with Gasteiger partial charge in [-0.3, -0.25) is 4.79 Å². The van der Waals surface area contributed by atoms with Crippen molar-refractivity contribution in [2.24, 2.45) is 7.05 Å². The lowest BCUT2D eigenvalue weighted by atomic mass is 10.2. The van der Waals surface area contributed by atoms with Crippen molar-refractivity contribution in [3.05, 3.63) is 54.7 Å². The first-order chi connectivity index (χ1) is 13.6. The van der Waals surface area contributed by atoms with Crippen molar-refractivity contribution in [2.75, 3.05) is 18.2 Å². The molecule has 8 heteroatoms. The molecule has 142 valence electrons. The highest BCUT2D eigenvalue weighted by molar-refractivity contribution is 7.99. The van der Waals surface area contributed by atoms with Crippen LogP contribution in [0.25, 0.3) is 21.5 Å². The molecule has 1 N–H and O–H groups in total. The number of thiazole rings is 1. The van der Waals surface area contributed by atoms with Crippen LogP contribution in [0.1, 0.15) is 0 Å². The number of hydrogen-bond donors (Lipinski definition) is 1. The van der Waals surface area contributed by atoms with Gasteiger partial charge in [-0.05, 0) is 23.8 Å². The fourth-order valence-electron chi connectivity index (χ4n) is 2.77. The van der Waals surface area contributed by atoms with Gasteiger partial charge in [0, 0.05) is 7.05 Å². The van der Waals surface area contributed by atoms with Gasteiger partial charge in [0.1, 0.15) is 5.75 Å². The Morgan fingerprint density at radius 2 is 2.07 bits per heavy atom. The Labute approximate surface area is 170 Å². The lowest BCUT2D eigenvalue weighted by Gasteiger charge is -2.05. The van der Waals surface area contributed by atoms with E-state index in [9.17, 15) is 4.79 Å². The average Bonchev–Trinajstić information content (AvgIpc) is 3.28. The van der Waals surface area contributed by atoms with E-state index < -0.39 is 0 Å². The molecule has 0 radical (unpaired) electrons. The normalized spacial score (nSPS) is 10.9. The second kappa shape index (κ2) is 8.04. The van der Waals surface area contributed by atoms with Crippen LogP contribution in [-0.4, -0.2) is 33.3 Å². The van der Waals surface area contributed by atoms with Gasteiger partial charge < -0.3 is 14.6 Å². The van der Waals surface area contributed by atoms with Gasteiger partial charge in [0.2, 0.25) is 5.91 Å². The number of nitrogens with one attached hydrogen (secondary N) is 1. The Hall–Kier alpha value is -2.84. The Morgan fingerprint density at radius 3 is 2.86 bits per heavy atom. The van der Waals surface area contributed by atoms with Crippen molar-refractivity contribution in [3.63, 3.8) is 0 Å². The van der Waals surface area contributed by atoms with E-state index in [0.717, 1.165) is 32.4 Å². The second-order valence-electron chi connectivity index (χ2n) is 6.04. The minimum atomic E-state index is -0.111. The van der Waals surface area contributed by atoms with Crippen LogP contribution in [0, 0.1) is 0 Å². The van der Waals surface area contributed by atoms with Crippen LogP contribution in [0.3, 0.4) is 0 Å². The number of carbonyl (C=O) groups excluding carboxylic acids is 1. The summed E-state index contributed by atoms with van der Waals surface area (Å²) < 4.78 is 8.19. The number of benzene rings is 2. The largest absolute Gasteiger partial charge is 0.497 e. The van der Waals surface area contributed by atoms with E-state index in [1.165, 1.54) is 23.1 Å². The number of fused-ring (bicyclic) bond motifs is 1. The molecule has 28 heavy (non-hydrogen) atoms. The van der Waals surface area contributed by atoms with Crippen LogP contribution in [0.4, 0.5) is 5.13 Å². The molecule has 4 rings (SSSR count). The Morgan fingerprint density at radius 1 is 1.25 bits per heavy atom. The van der Waals surface area contributed by atoms with Gasteiger partial charge in [-0.1, -0.05) is 53.4 Å². The molecule has 0 aliphatic heterocycles. The highest BCUT2D eigenvalue weighted by Gasteiger charge is 2.13. The Bertz CT molecular complexity index is 1120. The topological polar surface area (TPSA) is 69.0 Å². The number of carbonyl (C=O) groups is 1. The van der Waals surface area contributed by atoms with E-state index in [2.05, 4.69) is 15.3 Å². The number of methoxy groups -OCH3 is 1. The summed E-state index contributed by atoms with van der Waals surface area (Å²) in [5, 5.41) is 4.24. The number of hydrogen-bond acceptors (Lipinski definition) is 6. The molecule has 0 saturated heterocycles. The molecular weight excluding hydrogens is 392 g/mol. The second-order valence-corrected chi connectivity index (χ2v) is 8.01. The van der Waals surface area contributed by atoms with Gasteiger partial charge in [0.25, 0.3) is 0 Å². The van der Waals surface area contributed by atoms with Crippen molar-refractivity contribution in [1.29, 1.82) is 0 Å². The third kappa shape index (κ3) is 3.88. The zero-order valence-corrected chi connectivity index (χ0v) is 17.0. The molecule has 6 nitrogen and oxygen atoms in total. The van der Waals surface area contributed by atoms with Crippen LogP contribution >= 0.6 is 23.1 Å². The summed E-state index contributed by atoms with van der Waals surface area (Å²) in [6.07, 6.45) is 1.83. The number of ether oxygens (including phenoxy) is 1. The quantitative estimate of drug-likeness (QED) is 0.476. The SMILES string of the molecule is COc1ccc2nc(NC(=O)CSc3ncc(-c4ccccc4)n3C)sc2c1. The molecule has 0 aliphatic rings. The zero-order valence-electron chi connectivity index (χ0n) is 15.4. The van der Waals surface area contributed by atoms with E-state index in [0.29, 0.717) is 5.13 Å². The number of thioether (sulfide) groups is 1. The van der Waals surface area contributed by atoms with Crippen molar-refractivity contribution < 1.29 is 9.53 Å². The molecule has 0 saturated carbocycles. The number of imidazole rings is 1. The molecule has 0 atom stereocenters. The molecule has 0 spiro atoms. The molecule has 2 aromatic carbocycles. The third-order valence-electron chi connectivity index (χ3n) is 4.19. The van der Waals surface area contributed by atoms with Gasteiger partial charge >= 0.3 is 0 Å². The predicted molar refractivity (Wildman–Crippen MR) is 114 cm³/mol. The summed E-state index contributed by atoms with van der Waals surface area (Å²) in [6.45, 7) is 0. The molecule has 2 aromatic heterocycles. The molecule has 0 unspecified atom stereocenters. The van der Waals surface area contributed by atoms with Crippen molar-refractivity contribution >= 4 is 44.4 Å². The number of nitrogens with zero attached hydrogens (tertiary/aromatic N) is 3. The standard InChI is InChI=1S/C20H18N4O2S2/c1-24-16(13-6-4-3-5-7-13)11-21-20(24)27-12-18(25)23-19-22-15-9-8-14(26-2)10-17(15)28-19/h3-11H,12H2,1-2H3,(H,22,23,25). The van der Waals surface area contributed by atoms with Gasteiger partial charge in [-0.25, -0.2) is 9.97 Å². The Kier molecular flexibility index (Phi) is 5.31. The molecule has 1 amide bonds. The number of amides is 1. The minimum Gasteiger partial charge on any atom is -0.497 e. The molecule has 0 bridgehead atoms. The minimum absolute atomic E-state index is 0.111. The lowest BCUT2D eigenvalue weighted by Crippen LogP contribution is -2.14. The number of aromatic nitrogens is 3. The maximum atomic E-state index is 12.3. The highest BCUT2D eigenvalue weighted by Crippen LogP contribution is 2.29. The monoisotopic (exact) mass is 410 g/mol. The maximum absolute atomic E-state index is 12.3. The first-order valence-corrected chi connectivity index (χ1v) is 10.4. The summed E-state index contributed by atoms with van der Waals surface area (Å²) in [4.78, 5) is 21.2. The third-order valence-corrected chi connectivity index (χ3v) is 6.17. The van der Waals surface area contributed by atoms with Crippen LogP contribution in [0.2, 0.25) is 0 Å². The fourth-order valence-corrected chi connectivity index (χ4v) is 4.44. The van der Waals surface area contributed by atoms with Crippen LogP contribution < -0.4 is 10.1 Å². The lowest BCUT2D eigenvalue weighted by molar-refractivity contribution is -0.113. The van der Waals surface area contributed by atoms with Crippen molar-refractivity contribution in [1.82, 2.24) is 14.5 Å². The fraction of sp³-hybridized carbons (Fsp3) is 0.150. The molecule has 0 aliphatic carbocycles. The summed E-state index contributed by atoms with van der Waals surface area (Å²) >= 11 is 2.83. The highest BCUT2D eigenvalue weighted by atomic mass is 32.2. The van der Waals surface area contributed by atoms with Crippen molar-refractivity contribution in [2.45, 2.75) is 5.16 Å². The molecule has 2 heterocycles. The summed E-state index contributed by atoms with van der Waals surface area (Å²) in [5.41, 5.74) is 2.95.